The van der Waals surface area contributed by atoms with E-state index in [0.717, 1.165) is 11.6 Å². The number of nitrogens with two attached hydrogens (primary N) is 1. The molecule has 0 fully saturated rings. The van der Waals surface area contributed by atoms with Crippen molar-refractivity contribution in [3.8, 4) is 11.5 Å². The van der Waals surface area contributed by atoms with E-state index >= 15 is 0 Å². The van der Waals surface area contributed by atoms with Gasteiger partial charge in [0.1, 0.15) is 22.9 Å². The molecular weight excluding hydrogens is 275 g/mol. The molecule has 5 nitrogen and oxygen atoms in total. The number of methoxy groups -OCH3 is 1. The molecule has 2 rings (SSSR count). The van der Waals surface area contributed by atoms with Crippen LogP contribution in [-0.4, -0.2) is 18.1 Å². The van der Waals surface area contributed by atoms with Crippen LogP contribution in [0.3, 0.4) is 0 Å². The second kappa shape index (κ2) is 6.23. The number of phenols is 1. The van der Waals surface area contributed by atoms with E-state index in [9.17, 15) is 14.3 Å². The van der Waals surface area contributed by atoms with Gasteiger partial charge in [0.15, 0.2) is 0 Å². The predicted molar refractivity (Wildman–Crippen MR) is 76.9 cm³/mol. The van der Waals surface area contributed by atoms with Crippen LogP contribution in [-0.2, 0) is 6.54 Å². The highest BCUT2D eigenvalue weighted by Gasteiger charge is 2.18. The van der Waals surface area contributed by atoms with E-state index < -0.39 is 23.0 Å². The number of amides is 1. The molecule has 0 radical (unpaired) electrons. The number of rotatable bonds is 4. The Hall–Kier alpha value is -2.60. The lowest BCUT2D eigenvalue weighted by molar-refractivity contribution is 0.102. The standard InChI is InChI=1S/C15H15FN2O3/c1-21-13-7-9(8-17)5-6-11(13)18-15(20)14-10(16)3-2-4-12(14)19/h2-7,19H,8,17H2,1H3,(H,18,20). The van der Waals surface area contributed by atoms with Gasteiger partial charge in [-0.25, -0.2) is 4.39 Å². The van der Waals surface area contributed by atoms with E-state index in [2.05, 4.69) is 5.32 Å². The third kappa shape index (κ3) is 3.11. The van der Waals surface area contributed by atoms with E-state index in [1.54, 1.807) is 18.2 Å². The van der Waals surface area contributed by atoms with Crippen molar-refractivity contribution in [2.24, 2.45) is 5.73 Å². The fraction of sp³-hybridized carbons (Fsp3) is 0.133. The molecule has 0 spiro atoms. The summed E-state index contributed by atoms with van der Waals surface area (Å²) in [7, 11) is 1.45. The van der Waals surface area contributed by atoms with Gasteiger partial charge < -0.3 is 20.9 Å². The van der Waals surface area contributed by atoms with Crippen LogP contribution in [0.15, 0.2) is 36.4 Å². The van der Waals surface area contributed by atoms with Gasteiger partial charge in [-0.15, -0.1) is 0 Å². The number of ether oxygens (including phenoxy) is 1. The maximum absolute atomic E-state index is 13.6. The summed E-state index contributed by atoms with van der Waals surface area (Å²) in [6.07, 6.45) is 0. The van der Waals surface area contributed by atoms with Gasteiger partial charge in [0.2, 0.25) is 0 Å². The van der Waals surface area contributed by atoms with Crippen molar-refractivity contribution >= 4 is 11.6 Å². The molecule has 2 aromatic carbocycles. The fourth-order valence-corrected chi connectivity index (χ4v) is 1.89. The molecule has 0 unspecified atom stereocenters. The van der Waals surface area contributed by atoms with Gasteiger partial charge in [-0.3, -0.25) is 4.79 Å². The number of hydrogen-bond donors (Lipinski definition) is 3. The lowest BCUT2D eigenvalue weighted by Crippen LogP contribution is -2.15. The third-order valence-corrected chi connectivity index (χ3v) is 2.97. The second-order valence-corrected chi connectivity index (χ2v) is 4.33. The number of carbonyl (C=O) groups excluding carboxylic acids is 1. The largest absolute Gasteiger partial charge is 0.507 e. The Labute approximate surface area is 121 Å². The summed E-state index contributed by atoms with van der Waals surface area (Å²) in [6, 6.07) is 8.67. The number of hydrogen-bond acceptors (Lipinski definition) is 4. The zero-order chi connectivity index (χ0) is 15.4. The number of aromatic hydroxyl groups is 1. The van der Waals surface area contributed by atoms with Crippen LogP contribution in [0.1, 0.15) is 15.9 Å². The zero-order valence-corrected chi connectivity index (χ0v) is 11.4. The first-order valence-corrected chi connectivity index (χ1v) is 6.22. The van der Waals surface area contributed by atoms with Gasteiger partial charge in [-0.1, -0.05) is 12.1 Å². The highest BCUT2D eigenvalue weighted by atomic mass is 19.1. The number of nitrogens with one attached hydrogen (secondary N) is 1. The molecular formula is C15H15FN2O3. The van der Waals surface area contributed by atoms with Gasteiger partial charge in [0, 0.05) is 6.54 Å². The second-order valence-electron chi connectivity index (χ2n) is 4.33. The molecule has 0 atom stereocenters. The minimum atomic E-state index is -0.801. The fourth-order valence-electron chi connectivity index (χ4n) is 1.89. The Bertz CT molecular complexity index is 654. The summed E-state index contributed by atoms with van der Waals surface area (Å²) in [6.45, 7) is 0.332. The summed E-state index contributed by atoms with van der Waals surface area (Å²) in [5, 5.41) is 12.1. The topological polar surface area (TPSA) is 84.6 Å². The minimum Gasteiger partial charge on any atom is -0.507 e. The van der Waals surface area contributed by atoms with Crippen molar-refractivity contribution in [1.29, 1.82) is 0 Å². The van der Waals surface area contributed by atoms with Crippen molar-refractivity contribution in [1.82, 2.24) is 0 Å². The summed E-state index contributed by atoms with van der Waals surface area (Å²) in [5.74, 6) is -1.58. The Kier molecular flexibility index (Phi) is 4.39. The highest BCUT2D eigenvalue weighted by molar-refractivity contribution is 6.07. The van der Waals surface area contributed by atoms with Gasteiger partial charge in [0.25, 0.3) is 5.91 Å². The Morgan fingerprint density at radius 1 is 1.38 bits per heavy atom. The van der Waals surface area contributed by atoms with E-state index in [4.69, 9.17) is 10.5 Å². The van der Waals surface area contributed by atoms with Gasteiger partial charge in [-0.2, -0.15) is 0 Å². The van der Waals surface area contributed by atoms with Crippen LogP contribution >= 0.6 is 0 Å². The first-order valence-electron chi connectivity index (χ1n) is 6.22. The Morgan fingerprint density at radius 3 is 2.76 bits per heavy atom. The first kappa shape index (κ1) is 14.8. The molecule has 0 bridgehead atoms. The maximum Gasteiger partial charge on any atom is 0.262 e. The Morgan fingerprint density at radius 2 is 2.14 bits per heavy atom. The maximum atomic E-state index is 13.6. The molecule has 21 heavy (non-hydrogen) atoms. The quantitative estimate of drug-likeness (QED) is 0.806. The van der Waals surface area contributed by atoms with Crippen LogP contribution in [0, 0.1) is 5.82 Å². The number of carbonyl (C=O) groups is 1. The molecule has 1 amide bonds. The van der Waals surface area contributed by atoms with Crippen LogP contribution in [0.5, 0.6) is 11.5 Å². The number of halogens is 1. The van der Waals surface area contributed by atoms with Crippen LogP contribution < -0.4 is 15.8 Å². The monoisotopic (exact) mass is 290 g/mol. The van der Waals surface area contributed by atoms with E-state index in [1.165, 1.54) is 19.2 Å². The SMILES string of the molecule is COc1cc(CN)ccc1NC(=O)c1c(O)cccc1F. The molecule has 0 aromatic heterocycles. The molecule has 2 aromatic rings. The minimum absolute atomic E-state index is 0.332. The van der Waals surface area contributed by atoms with Crippen molar-refractivity contribution < 1.29 is 19.0 Å². The summed E-state index contributed by atoms with van der Waals surface area (Å²) in [4.78, 5) is 12.1. The predicted octanol–water partition coefficient (Wildman–Crippen LogP) is 2.25. The molecule has 0 saturated carbocycles. The molecule has 0 aliphatic carbocycles. The smallest absolute Gasteiger partial charge is 0.262 e. The molecule has 6 heteroatoms. The Balaban J connectivity index is 2.32. The normalized spacial score (nSPS) is 10.2. The van der Waals surface area contributed by atoms with Crippen molar-refractivity contribution in [3.05, 3.63) is 53.3 Å². The van der Waals surface area contributed by atoms with E-state index in [1.807, 2.05) is 0 Å². The molecule has 110 valence electrons. The van der Waals surface area contributed by atoms with E-state index in [0.29, 0.717) is 18.0 Å². The van der Waals surface area contributed by atoms with Crippen LogP contribution in [0.4, 0.5) is 10.1 Å². The van der Waals surface area contributed by atoms with Crippen molar-refractivity contribution in [2.75, 3.05) is 12.4 Å². The summed E-state index contributed by atoms with van der Waals surface area (Å²) >= 11 is 0. The van der Waals surface area contributed by atoms with Gasteiger partial charge in [-0.05, 0) is 29.8 Å². The molecule has 0 saturated heterocycles. The summed E-state index contributed by atoms with van der Waals surface area (Å²) in [5.41, 5.74) is 6.31. The molecule has 4 N–H and O–H groups in total. The molecule has 0 aliphatic rings. The third-order valence-electron chi connectivity index (χ3n) is 2.97. The molecule has 0 heterocycles. The number of anilines is 1. The number of phenolic OH excluding ortho intramolecular Hbond substituents is 1. The van der Waals surface area contributed by atoms with Gasteiger partial charge in [0.05, 0.1) is 12.8 Å². The lowest BCUT2D eigenvalue weighted by Gasteiger charge is -2.12. The lowest BCUT2D eigenvalue weighted by atomic mass is 10.1. The number of benzene rings is 2. The van der Waals surface area contributed by atoms with Crippen molar-refractivity contribution in [3.63, 3.8) is 0 Å². The highest BCUT2D eigenvalue weighted by Crippen LogP contribution is 2.27. The molecule has 0 aliphatic heterocycles. The van der Waals surface area contributed by atoms with Gasteiger partial charge >= 0.3 is 0 Å². The average molecular weight is 290 g/mol. The van der Waals surface area contributed by atoms with Crippen LogP contribution in [0.2, 0.25) is 0 Å². The average Bonchev–Trinajstić information content (AvgIpc) is 2.47. The first-order chi connectivity index (χ1) is 10.1. The van der Waals surface area contributed by atoms with E-state index in [-0.39, 0.29) is 0 Å². The van der Waals surface area contributed by atoms with Crippen molar-refractivity contribution in [2.45, 2.75) is 6.54 Å². The van der Waals surface area contributed by atoms with Crippen LogP contribution in [0.25, 0.3) is 0 Å². The summed E-state index contributed by atoms with van der Waals surface area (Å²) < 4.78 is 18.8. The zero-order valence-electron chi connectivity index (χ0n) is 11.4.